The zero-order chi connectivity index (χ0) is 5.21. The zero-order valence-corrected chi connectivity index (χ0v) is 4.71. The third kappa shape index (κ3) is 3.96. The van der Waals surface area contributed by atoms with Crippen LogP contribution >= 0.6 is 0 Å². The summed E-state index contributed by atoms with van der Waals surface area (Å²) in [5, 5.41) is 2.99. The summed E-state index contributed by atoms with van der Waals surface area (Å²) in [5.41, 5.74) is 0.0417. The van der Waals surface area contributed by atoms with Crippen molar-refractivity contribution in [3.05, 3.63) is 6.92 Å². The van der Waals surface area contributed by atoms with E-state index in [1.165, 1.54) is 0 Å². The van der Waals surface area contributed by atoms with E-state index in [2.05, 4.69) is 12.2 Å². The zero-order valence-electron chi connectivity index (χ0n) is 4.71. The molecule has 0 unspecified atom stereocenters. The van der Waals surface area contributed by atoms with Crippen molar-refractivity contribution >= 4 is 0 Å². The fraction of sp³-hybridized carbons (Fsp3) is 0.800. The van der Waals surface area contributed by atoms with Crippen LogP contribution in [0.5, 0.6) is 0 Å². The van der Waals surface area contributed by atoms with Gasteiger partial charge in [-0.15, -0.1) is 0 Å². The molecule has 0 atom stereocenters. The Morgan fingerprint density at radius 3 is 1.67 bits per heavy atom. The van der Waals surface area contributed by atoms with Crippen molar-refractivity contribution in [2.75, 3.05) is 7.05 Å². The van der Waals surface area contributed by atoms with Gasteiger partial charge in [-0.1, -0.05) is 0 Å². The Kier molecular flexibility index (Phi) is 1.59. The highest BCUT2D eigenvalue weighted by molar-refractivity contribution is 4.76. The van der Waals surface area contributed by atoms with Gasteiger partial charge in [-0.2, -0.15) is 0 Å². The highest BCUT2D eigenvalue weighted by Crippen LogP contribution is 1.93. The molecule has 0 spiro atoms. The number of nitrogens with one attached hydrogen (secondary N) is 1. The molecule has 0 fully saturated rings. The molecular formula is C5H12N. The summed E-state index contributed by atoms with van der Waals surface area (Å²) in [6.07, 6.45) is 0. The molecule has 37 valence electrons. The van der Waals surface area contributed by atoms with Crippen LogP contribution in [-0.4, -0.2) is 12.6 Å². The molecule has 6 heavy (non-hydrogen) atoms. The number of rotatable bonds is 1. The van der Waals surface area contributed by atoms with Crippen LogP contribution in [0.4, 0.5) is 0 Å². The van der Waals surface area contributed by atoms with Gasteiger partial charge in [0.25, 0.3) is 0 Å². The molecule has 0 saturated carbocycles. The van der Waals surface area contributed by atoms with E-state index in [0.717, 1.165) is 0 Å². The SMILES string of the molecule is [CH2]C(C)(C)NC. The highest BCUT2D eigenvalue weighted by Gasteiger charge is 2.02. The first-order valence-electron chi connectivity index (χ1n) is 2.10. The van der Waals surface area contributed by atoms with Crippen molar-refractivity contribution in [1.29, 1.82) is 0 Å². The second-order valence-electron chi connectivity index (χ2n) is 2.13. The molecule has 0 bridgehead atoms. The molecule has 1 nitrogen and oxygen atoms in total. The van der Waals surface area contributed by atoms with Gasteiger partial charge in [0, 0.05) is 5.54 Å². The molecule has 0 rings (SSSR count). The number of hydrogen-bond acceptors (Lipinski definition) is 1. The first-order chi connectivity index (χ1) is 2.56. The van der Waals surface area contributed by atoms with Gasteiger partial charge >= 0.3 is 0 Å². The lowest BCUT2D eigenvalue weighted by Crippen LogP contribution is -2.32. The van der Waals surface area contributed by atoms with Gasteiger partial charge in [0.15, 0.2) is 0 Å². The second-order valence-corrected chi connectivity index (χ2v) is 2.13. The fourth-order valence-corrected chi connectivity index (χ4v) is 0. The lowest BCUT2D eigenvalue weighted by Gasteiger charge is -2.15. The van der Waals surface area contributed by atoms with E-state index >= 15 is 0 Å². The standard InChI is InChI=1S/C5H12N/c1-5(2,3)6-4/h6H,1H2,2-4H3. The van der Waals surface area contributed by atoms with Crippen molar-refractivity contribution < 1.29 is 0 Å². The Morgan fingerprint density at radius 2 is 1.67 bits per heavy atom. The summed E-state index contributed by atoms with van der Waals surface area (Å²) in [4.78, 5) is 0. The smallest absolute Gasteiger partial charge is 0.0122 e. The summed E-state index contributed by atoms with van der Waals surface area (Å²) in [5.74, 6) is 0. The molecule has 0 aliphatic heterocycles. The lowest BCUT2D eigenvalue weighted by atomic mass is 10.1. The van der Waals surface area contributed by atoms with Crippen LogP contribution in [0.2, 0.25) is 0 Å². The first-order valence-corrected chi connectivity index (χ1v) is 2.10. The summed E-state index contributed by atoms with van der Waals surface area (Å²) in [7, 11) is 1.90. The minimum absolute atomic E-state index is 0.0417. The summed E-state index contributed by atoms with van der Waals surface area (Å²) in [6.45, 7) is 7.82. The van der Waals surface area contributed by atoms with Crippen LogP contribution in [0.15, 0.2) is 0 Å². The van der Waals surface area contributed by atoms with Gasteiger partial charge in [0.1, 0.15) is 0 Å². The predicted molar refractivity (Wildman–Crippen MR) is 28.5 cm³/mol. The van der Waals surface area contributed by atoms with E-state index in [-0.39, 0.29) is 5.54 Å². The summed E-state index contributed by atoms with van der Waals surface area (Å²) >= 11 is 0. The average molecular weight is 86.2 g/mol. The van der Waals surface area contributed by atoms with Crippen molar-refractivity contribution in [3.63, 3.8) is 0 Å². The van der Waals surface area contributed by atoms with E-state index in [1.54, 1.807) is 0 Å². The Bertz CT molecular complexity index is 33.7. The van der Waals surface area contributed by atoms with Crippen LogP contribution in [-0.2, 0) is 0 Å². The normalized spacial score (nSPS) is 12.0. The van der Waals surface area contributed by atoms with E-state index in [1.807, 2.05) is 20.9 Å². The van der Waals surface area contributed by atoms with E-state index in [4.69, 9.17) is 0 Å². The Balaban J connectivity index is 3.17. The maximum atomic E-state index is 3.78. The van der Waals surface area contributed by atoms with Crippen LogP contribution < -0.4 is 5.32 Å². The topological polar surface area (TPSA) is 12.0 Å². The van der Waals surface area contributed by atoms with Crippen LogP contribution in [0.3, 0.4) is 0 Å². The molecule has 0 aromatic carbocycles. The largest absolute Gasteiger partial charge is 0.315 e. The third-order valence-corrected chi connectivity index (χ3v) is 0.677. The summed E-state index contributed by atoms with van der Waals surface area (Å²) in [6, 6.07) is 0. The molecule has 1 heteroatoms. The Hall–Kier alpha value is -0.0400. The van der Waals surface area contributed by atoms with Crippen molar-refractivity contribution in [2.45, 2.75) is 19.4 Å². The van der Waals surface area contributed by atoms with Crippen molar-refractivity contribution in [3.8, 4) is 0 Å². The molecule has 1 N–H and O–H groups in total. The van der Waals surface area contributed by atoms with Crippen LogP contribution in [0, 0.1) is 6.92 Å². The lowest BCUT2D eigenvalue weighted by molar-refractivity contribution is 0.524. The van der Waals surface area contributed by atoms with Gasteiger partial charge < -0.3 is 5.32 Å². The molecular weight excluding hydrogens is 74.1 g/mol. The van der Waals surface area contributed by atoms with Gasteiger partial charge in [0.2, 0.25) is 0 Å². The van der Waals surface area contributed by atoms with Gasteiger partial charge in [-0.05, 0) is 27.8 Å². The molecule has 0 aliphatic carbocycles. The average Bonchev–Trinajstić information content (AvgIpc) is 1.35. The van der Waals surface area contributed by atoms with Gasteiger partial charge in [-0.25, -0.2) is 0 Å². The molecule has 0 amide bonds. The van der Waals surface area contributed by atoms with Crippen LogP contribution in [0.25, 0.3) is 0 Å². The minimum atomic E-state index is 0.0417. The molecule has 0 aliphatic rings. The highest BCUT2D eigenvalue weighted by atomic mass is 14.9. The van der Waals surface area contributed by atoms with Crippen molar-refractivity contribution in [2.24, 2.45) is 0 Å². The van der Waals surface area contributed by atoms with E-state index < -0.39 is 0 Å². The maximum absolute atomic E-state index is 3.78. The van der Waals surface area contributed by atoms with E-state index in [0.29, 0.717) is 0 Å². The first kappa shape index (κ1) is 5.96. The summed E-state index contributed by atoms with van der Waals surface area (Å²) < 4.78 is 0. The Morgan fingerprint density at radius 1 is 1.50 bits per heavy atom. The maximum Gasteiger partial charge on any atom is 0.0122 e. The minimum Gasteiger partial charge on any atom is -0.315 e. The Labute approximate surface area is 39.7 Å². The molecule has 0 saturated heterocycles. The van der Waals surface area contributed by atoms with E-state index in [9.17, 15) is 0 Å². The molecule has 0 aromatic heterocycles. The predicted octanol–water partition coefficient (Wildman–Crippen LogP) is 0.818. The number of hydrogen-bond donors (Lipinski definition) is 1. The molecule has 1 radical (unpaired) electrons. The quantitative estimate of drug-likeness (QED) is 0.498. The molecule has 0 aromatic rings. The third-order valence-electron chi connectivity index (χ3n) is 0.677. The molecule has 0 heterocycles. The van der Waals surface area contributed by atoms with Crippen molar-refractivity contribution in [1.82, 2.24) is 5.32 Å². The van der Waals surface area contributed by atoms with Gasteiger partial charge in [-0.3, -0.25) is 0 Å². The fourth-order valence-electron chi connectivity index (χ4n) is 0. The second kappa shape index (κ2) is 1.61. The van der Waals surface area contributed by atoms with Gasteiger partial charge in [0.05, 0.1) is 0 Å². The van der Waals surface area contributed by atoms with Crippen LogP contribution in [0.1, 0.15) is 13.8 Å². The monoisotopic (exact) mass is 86.1 g/mol.